The van der Waals surface area contributed by atoms with E-state index in [1.165, 1.54) is 18.9 Å². The lowest BCUT2D eigenvalue weighted by molar-refractivity contribution is -0.120. The Hall–Kier alpha value is -2.78. The van der Waals surface area contributed by atoms with E-state index >= 15 is 0 Å². The molecule has 0 fully saturated rings. The summed E-state index contributed by atoms with van der Waals surface area (Å²) in [6.07, 6.45) is 7.03. The number of hydrogen-bond acceptors (Lipinski definition) is 4. The highest BCUT2D eigenvalue weighted by Crippen LogP contribution is 2.36. The third-order valence-corrected chi connectivity index (χ3v) is 4.39. The first kappa shape index (κ1) is 20.5. The summed E-state index contributed by atoms with van der Waals surface area (Å²) >= 11 is 3.43. The molecule has 0 atom stereocenters. The van der Waals surface area contributed by atoms with E-state index in [1.807, 2.05) is 26.0 Å². The van der Waals surface area contributed by atoms with E-state index in [-0.39, 0.29) is 18.9 Å². The molecular weight excluding hydrogens is 408 g/mol. The van der Waals surface area contributed by atoms with Gasteiger partial charge in [0.05, 0.1) is 24.2 Å². The van der Waals surface area contributed by atoms with Gasteiger partial charge in [0.25, 0.3) is 0 Å². The Labute approximate surface area is 167 Å². The highest BCUT2D eigenvalue weighted by atomic mass is 79.9. The first-order valence-electron chi connectivity index (χ1n) is 8.26. The first-order valence-corrected chi connectivity index (χ1v) is 9.05. The minimum atomic E-state index is -0.182. The molecule has 0 saturated carbocycles. The summed E-state index contributed by atoms with van der Waals surface area (Å²) in [5.74, 6) is 3.26. The zero-order valence-corrected chi connectivity index (χ0v) is 17.1. The molecule has 0 aliphatic carbocycles. The molecule has 0 spiro atoms. The second kappa shape index (κ2) is 9.79. The minimum absolute atomic E-state index is 0.136. The van der Waals surface area contributed by atoms with Crippen LogP contribution < -0.4 is 14.9 Å². The van der Waals surface area contributed by atoms with Crippen LogP contribution in [0, 0.1) is 26.2 Å². The van der Waals surface area contributed by atoms with Crippen molar-refractivity contribution in [3.63, 3.8) is 0 Å². The molecule has 1 amide bonds. The van der Waals surface area contributed by atoms with Gasteiger partial charge >= 0.3 is 0 Å². The van der Waals surface area contributed by atoms with Gasteiger partial charge in [0, 0.05) is 0 Å². The van der Waals surface area contributed by atoms with Crippen LogP contribution in [0.4, 0.5) is 0 Å². The molecule has 0 aliphatic rings. The summed E-state index contributed by atoms with van der Waals surface area (Å²) in [7, 11) is 1.54. The van der Waals surface area contributed by atoms with Crippen molar-refractivity contribution < 1.29 is 14.3 Å². The molecule has 0 bridgehead atoms. The highest BCUT2D eigenvalue weighted by molar-refractivity contribution is 9.10. The molecule has 0 aromatic heterocycles. The largest absolute Gasteiger partial charge is 0.493 e. The predicted molar refractivity (Wildman–Crippen MR) is 110 cm³/mol. The van der Waals surface area contributed by atoms with Crippen molar-refractivity contribution in [1.82, 2.24) is 5.43 Å². The van der Waals surface area contributed by atoms with Crippen molar-refractivity contribution in [2.75, 3.05) is 13.7 Å². The Morgan fingerprint density at radius 3 is 2.78 bits per heavy atom. The molecule has 0 saturated heterocycles. The number of amides is 1. The number of ether oxygens (including phenoxy) is 2. The smallest absolute Gasteiger partial charge is 0.244 e. The van der Waals surface area contributed by atoms with Crippen LogP contribution in [0.3, 0.4) is 0 Å². The summed E-state index contributed by atoms with van der Waals surface area (Å²) in [4.78, 5) is 12.1. The highest BCUT2D eigenvalue weighted by Gasteiger charge is 2.11. The number of halogens is 1. The number of rotatable bonds is 7. The lowest BCUT2D eigenvalue weighted by Gasteiger charge is -2.11. The van der Waals surface area contributed by atoms with Gasteiger partial charge in [0.2, 0.25) is 5.91 Å². The standard InChI is InChI=1S/C21H21BrN2O3/c1-5-8-27-21-18(22)10-16(11-19(21)26-4)13-23-24-20(25)12-17-7-6-14(2)9-15(17)3/h1,6-7,9-11,13H,8,12H2,2-4H3,(H,24,25)/b23-13-. The minimum Gasteiger partial charge on any atom is -0.493 e. The molecule has 2 aromatic carbocycles. The average Bonchev–Trinajstić information content (AvgIpc) is 2.63. The van der Waals surface area contributed by atoms with E-state index in [2.05, 4.69) is 38.4 Å². The number of carbonyl (C=O) groups excluding carboxylic acids is 1. The molecule has 0 unspecified atom stereocenters. The van der Waals surface area contributed by atoms with Crippen LogP contribution in [0.2, 0.25) is 0 Å². The number of benzene rings is 2. The molecule has 27 heavy (non-hydrogen) atoms. The predicted octanol–water partition coefficient (Wildman–Crippen LogP) is 3.78. The van der Waals surface area contributed by atoms with Gasteiger partial charge in [-0.25, -0.2) is 5.43 Å². The van der Waals surface area contributed by atoms with Crippen molar-refractivity contribution in [3.05, 3.63) is 57.1 Å². The Morgan fingerprint density at radius 2 is 2.11 bits per heavy atom. The number of nitrogens with zero attached hydrogens (tertiary/aromatic N) is 1. The monoisotopic (exact) mass is 428 g/mol. The van der Waals surface area contributed by atoms with Crippen molar-refractivity contribution in [1.29, 1.82) is 0 Å². The van der Waals surface area contributed by atoms with Crippen molar-refractivity contribution >= 4 is 28.1 Å². The number of nitrogens with one attached hydrogen (secondary N) is 1. The molecule has 0 radical (unpaired) electrons. The fraction of sp³-hybridized carbons (Fsp3) is 0.238. The zero-order valence-electron chi connectivity index (χ0n) is 15.5. The summed E-state index contributed by atoms with van der Waals surface area (Å²) < 4.78 is 11.5. The van der Waals surface area contributed by atoms with Crippen LogP contribution in [0.5, 0.6) is 11.5 Å². The summed E-state index contributed by atoms with van der Waals surface area (Å²) in [5.41, 5.74) is 6.52. The van der Waals surface area contributed by atoms with Gasteiger partial charge in [-0.2, -0.15) is 5.10 Å². The van der Waals surface area contributed by atoms with Gasteiger partial charge in [-0.1, -0.05) is 29.7 Å². The fourth-order valence-electron chi connectivity index (χ4n) is 2.50. The second-order valence-corrected chi connectivity index (χ2v) is 6.78. The first-order chi connectivity index (χ1) is 12.9. The number of hydrazone groups is 1. The lowest BCUT2D eigenvalue weighted by atomic mass is 10.0. The van der Waals surface area contributed by atoms with Crippen molar-refractivity contribution in [2.45, 2.75) is 20.3 Å². The normalized spacial score (nSPS) is 10.5. The number of terminal acetylenes is 1. The Morgan fingerprint density at radius 1 is 1.33 bits per heavy atom. The molecule has 2 rings (SSSR count). The molecule has 0 heterocycles. The maximum Gasteiger partial charge on any atom is 0.244 e. The van der Waals surface area contributed by atoms with Gasteiger partial charge < -0.3 is 9.47 Å². The third kappa shape index (κ3) is 5.87. The molecule has 140 valence electrons. The van der Waals surface area contributed by atoms with E-state index in [0.29, 0.717) is 16.0 Å². The summed E-state index contributed by atoms with van der Waals surface area (Å²) in [6.45, 7) is 4.15. The second-order valence-electron chi connectivity index (χ2n) is 5.93. The molecule has 6 heteroatoms. The quantitative estimate of drug-likeness (QED) is 0.414. The maximum atomic E-state index is 12.1. The van der Waals surface area contributed by atoms with Gasteiger partial charge in [-0.15, -0.1) is 6.42 Å². The van der Waals surface area contributed by atoms with E-state index in [9.17, 15) is 4.79 Å². The lowest BCUT2D eigenvalue weighted by Crippen LogP contribution is -2.20. The number of methoxy groups -OCH3 is 1. The van der Waals surface area contributed by atoms with Gasteiger partial charge in [0.15, 0.2) is 11.5 Å². The van der Waals surface area contributed by atoms with E-state index < -0.39 is 0 Å². The van der Waals surface area contributed by atoms with Crippen LogP contribution >= 0.6 is 15.9 Å². The topological polar surface area (TPSA) is 59.9 Å². The van der Waals surface area contributed by atoms with Gasteiger partial charge in [0.1, 0.15) is 6.61 Å². The average molecular weight is 429 g/mol. The van der Waals surface area contributed by atoms with Gasteiger partial charge in [-0.3, -0.25) is 4.79 Å². The van der Waals surface area contributed by atoms with Crippen LogP contribution in [0.15, 0.2) is 39.9 Å². The van der Waals surface area contributed by atoms with E-state index in [1.54, 1.807) is 12.1 Å². The molecule has 0 aliphatic heterocycles. The Bertz CT molecular complexity index is 901. The zero-order chi connectivity index (χ0) is 19.8. The van der Waals surface area contributed by atoms with Crippen LogP contribution in [0.1, 0.15) is 22.3 Å². The van der Waals surface area contributed by atoms with Crippen molar-refractivity contribution in [3.8, 4) is 23.8 Å². The van der Waals surface area contributed by atoms with E-state index in [0.717, 1.165) is 16.7 Å². The molecule has 1 N–H and O–H groups in total. The maximum absolute atomic E-state index is 12.1. The SMILES string of the molecule is C#CCOc1c(Br)cc(/C=N\NC(=O)Cc2ccc(C)cc2C)cc1OC. The molecule has 2 aromatic rings. The molecular formula is C21H21BrN2O3. The number of aryl methyl sites for hydroxylation is 2. The van der Waals surface area contributed by atoms with Crippen LogP contribution in [-0.2, 0) is 11.2 Å². The van der Waals surface area contributed by atoms with Gasteiger partial charge in [-0.05, 0) is 58.6 Å². The number of hydrogen-bond donors (Lipinski definition) is 1. The third-order valence-electron chi connectivity index (χ3n) is 3.80. The molecule has 5 nitrogen and oxygen atoms in total. The fourth-order valence-corrected chi connectivity index (χ4v) is 3.08. The van der Waals surface area contributed by atoms with E-state index in [4.69, 9.17) is 15.9 Å². The summed E-state index contributed by atoms with van der Waals surface area (Å²) in [5, 5.41) is 4.02. The Kier molecular flexibility index (Phi) is 7.44. The van der Waals surface area contributed by atoms with Crippen LogP contribution in [0.25, 0.3) is 0 Å². The van der Waals surface area contributed by atoms with Crippen LogP contribution in [-0.4, -0.2) is 25.8 Å². The number of carbonyl (C=O) groups is 1. The summed E-state index contributed by atoms with van der Waals surface area (Å²) in [6, 6.07) is 9.56. The van der Waals surface area contributed by atoms with Crippen molar-refractivity contribution in [2.24, 2.45) is 5.10 Å². The Balaban J connectivity index is 2.04.